The SMILES string of the molecule is CSCCC(NC(=O)C(CC(N)=O)NC(=O)C(N)Cc1ccc(O)cc1)C(=O)NC(CCC(N)=O)C(=O)O. The Kier molecular flexibility index (Phi) is 13.6. The molecule has 15 heteroatoms. The van der Waals surface area contributed by atoms with Gasteiger partial charge in [-0.25, -0.2) is 4.79 Å². The molecule has 1 aromatic rings. The topological polar surface area (TPSA) is 257 Å². The third kappa shape index (κ3) is 11.9. The van der Waals surface area contributed by atoms with Crippen LogP contribution in [0.3, 0.4) is 0 Å². The van der Waals surface area contributed by atoms with E-state index < -0.39 is 66.1 Å². The van der Waals surface area contributed by atoms with Crippen molar-refractivity contribution >= 4 is 47.3 Å². The van der Waals surface area contributed by atoms with Crippen molar-refractivity contribution in [1.29, 1.82) is 0 Å². The highest BCUT2D eigenvalue weighted by molar-refractivity contribution is 7.98. The molecule has 0 saturated heterocycles. The fourth-order valence-corrected chi connectivity index (χ4v) is 3.73. The van der Waals surface area contributed by atoms with Crippen molar-refractivity contribution in [2.75, 3.05) is 12.0 Å². The number of hydrogen-bond donors (Lipinski definition) is 8. The molecule has 38 heavy (non-hydrogen) atoms. The minimum Gasteiger partial charge on any atom is -0.508 e. The Balaban J connectivity index is 2.95. The Morgan fingerprint density at radius 2 is 1.39 bits per heavy atom. The van der Waals surface area contributed by atoms with Crippen LogP contribution in [-0.4, -0.2) is 81.9 Å². The second-order valence-corrected chi connectivity index (χ2v) is 9.44. The van der Waals surface area contributed by atoms with Crippen LogP contribution < -0.4 is 33.2 Å². The van der Waals surface area contributed by atoms with E-state index in [0.717, 1.165) is 0 Å². The Labute approximate surface area is 223 Å². The fraction of sp³-hybridized carbons (Fsp3) is 0.478. The van der Waals surface area contributed by atoms with E-state index in [1.807, 2.05) is 0 Å². The second-order valence-electron chi connectivity index (χ2n) is 8.46. The molecule has 5 amide bonds. The van der Waals surface area contributed by atoms with Gasteiger partial charge in [0.05, 0.1) is 12.5 Å². The Morgan fingerprint density at radius 3 is 1.92 bits per heavy atom. The number of aliphatic carboxylic acids is 1. The molecule has 4 atom stereocenters. The molecule has 210 valence electrons. The summed E-state index contributed by atoms with van der Waals surface area (Å²) in [7, 11) is 0. The zero-order chi connectivity index (χ0) is 28.8. The van der Waals surface area contributed by atoms with Crippen LogP contribution in [0.25, 0.3) is 0 Å². The zero-order valence-electron chi connectivity index (χ0n) is 20.8. The first-order chi connectivity index (χ1) is 17.8. The monoisotopic (exact) mass is 554 g/mol. The number of carbonyl (C=O) groups is 6. The normalized spacial score (nSPS) is 13.8. The number of nitrogens with one attached hydrogen (secondary N) is 3. The van der Waals surface area contributed by atoms with E-state index in [1.54, 1.807) is 18.4 Å². The number of carboxylic acids is 1. The van der Waals surface area contributed by atoms with Crippen LogP contribution in [0.5, 0.6) is 5.75 Å². The molecule has 0 fully saturated rings. The lowest BCUT2D eigenvalue weighted by Gasteiger charge is -2.24. The predicted octanol–water partition coefficient (Wildman–Crippen LogP) is -2.30. The minimum absolute atomic E-state index is 0.0348. The lowest BCUT2D eigenvalue weighted by Crippen LogP contribution is -2.58. The summed E-state index contributed by atoms with van der Waals surface area (Å²) < 4.78 is 0. The maximum absolute atomic E-state index is 13.0. The van der Waals surface area contributed by atoms with Crippen molar-refractivity contribution < 1.29 is 39.0 Å². The van der Waals surface area contributed by atoms with E-state index in [4.69, 9.17) is 17.2 Å². The number of amides is 5. The summed E-state index contributed by atoms with van der Waals surface area (Å²) in [5, 5.41) is 25.8. The molecule has 0 bridgehead atoms. The van der Waals surface area contributed by atoms with Crippen molar-refractivity contribution in [3.8, 4) is 5.75 Å². The summed E-state index contributed by atoms with van der Waals surface area (Å²) in [6.45, 7) is 0. The van der Waals surface area contributed by atoms with Crippen molar-refractivity contribution in [1.82, 2.24) is 16.0 Å². The summed E-state index contributed by atoms with van der Waals surface area (Å²) in [6, 6.07) is 0.765. The molecule has 1 aromatic carbocycles. The molecule has 0 radical (unpaired) electrons. The van der Waals surface area contributed by atoms with Gasteiger partial charge in [-0.2, -0.15) is 11.8 Å². The molecule has 1 rings (SSSR count). The first-order valence-corrected chi connectivity index (χ1v) is 13.0. The third-order valence-corrected chi connectivity index (χ3v) is 5.95. The highest BCUT2D eigenvalue weighted by Crippen LogP contribution is 2.11. The number of carbonyl (C=O) groups excluding carboxylic acids is 5. The highest BCUT2D eigenvalue weighted by atomic mass is 32.2. The quantitative estimate of drug-likeness (QED) is 0.102. The number of phenolic OH excluding ortho intramolecular Hbond substituents is 1. The number of benzene rings is 1. The van der Waals surface area contributed by atoms with Gasteiger partial charge in [-0.15, -0.1) is 0 Å². The molecule has 0 spiro atoms. The van der Waals surface area contributed by atoms with Crippen LogP contribution >= 0.6 is 11.8 Å². The van der Waals surface area contributed by atoms with Crippen LogP contribution in [0.1, 0.15) is 31.2 Å². The molecule has 0 saturated carbocycles. The molecule has 0 aliphatic carbocycles. The van der Waals surface area contributed by atoms with Gasteiger partial charge < -0.3 is 43.4 Å². The fourth-order valence-electron chi connectivity index (χ4n) is 3.26. The number of nitrogens with two attached hydrogens (primary N) is 3. The Morgan fingerprint density at radius 1 is 0.842 bits per heavy atom. The second kappa shape index (κ2) is 16.1. The van der Waals surface area contributed by atoms with Crippen molar-refractivity contribution in [2.45, 2.75) is 56.3 Å². The molecule has 0 heterocycles. The van der Waals surface area contributed by atoms with Crippen LogP contribution in [0.15, 0.2) is 24.3 Å². The van der Waals surface area contributed by atoms with Gasteiger partial charge >= 0.3 is 5.97 Å². The first kappa shape index (κ1) is 32.2. The van der Waals surface area contributed by atoms with Crippen molar-refractivity contribution in [3.05, 3.63) is 29.8 Å². The van der Waals surface area contributed by atoms with Gasteiger partial charge in [0.2, 0.25) is 29.5 Å². The largest absolute Gasteiger partial charge is 0.508 e. The number of carboxylic acid groups (broad SMARTS) is 1. The van der Waals surface area contributed by atoms with E-state index in [9.17, 15) is 39.0 Å². The summed E-state index contributed by atoms with van der Waals surface area (Å²) in [4.78, 5) is 72.5. The maximum atomic E-state index is 13.0. The van der Waals surface area contributed by atoms with Gasteiger partial charge in [-0.05, 0) is 49.0 Å². The third-order valence-electron chi connectivity index (χ3n) is 5.30. The van der Waals surface area contributed by atoms with Gasteiger partial charge in [-0.1, -0.05) is 12.1 Å². The summed E-state index contributed by atoms with van der Waals surface area (Å²) >= 11 is 1.36. The summed E-state index contributed by atoms with van der Waals surface area (Å²) in [5.74, 6) is -5.10. The molecular weight excluding hydrogens is 520 g/mol. The van der Waals surface area contributed by atoms with E-state index in [2.05, 4.69) is 16.0 Å². The molecule has 11 N–H and O–H groups in total. The van der Waals surface area contributed by atoms with Gasteiger partial charge in [0.1, 0.15) is 23.9 Å². The predicted molar refractivity (Wildman–Crippen MR) is 138 cm³/mol. The highest BCUT2D eigenvalue weighted by Gasteiger charge is 2.31. The molecule has 14 nitrogen and oxygen atoms in total. The molecular formula is C23H34N6O8S. The number of thioether (sulfide) groups is 1. The summed E-state index contributed by atoms with van der Waals surface area (Å²) in [6.07, 6.45) is 0.803. The van der Waals surface area contributed by atoms with E-state index in [-0.39, 0.29) is 31.4 Å². The van der Waals surface area contributed by atoms with Crippen molar-refractivity contribution in [3.63, 3.8) is 0 Å². The van der Waals surface area contributed by atoms with E-state index in [0.29, 0.717) is 11.3 Å². The molecule has 0 aromatic heterocycles. The average molecular weight is 555 g/mol. The molecule has 4 unspecified atom stereocenters. The van der Waals surface area contributed by atoms with Crippen LogP contribution in [0, 0.1) is 0 Å². The maximum Gasteiger partial charge on any atom is 0.326 e. The average Bonchev–Trinajstić information content (AvgIpc) is 2.84. The van der Waals surface area contributed by atoms with Crippen LogP contribution in [0.4, 0.5) is 0 Å². The van der Waals surface area contributed by atoms with E-state index >= 15 is 0 Å². The van der Waals surface area contributed by atoms with E-state index in [1.165, 1.54) is 23.9 Å². The first-order valence-electron chi connectivity index (χ1n) is 11.6. The number of phenols is 1. The van der Waals surface area contributed by atoms with Gasteiger partial charge in [0, 0.05) is 6.42 Å². The number of aromatic hydroxyl groups is 1. The summed E-state index contributed by atoms with van der Waals surface area (Å²) in [5.41, 5.74) is 16.9. The van der Waals surface area contributed by atoms with Gasteiger partial charge in [-0.3, -0.25) is 24.0 Å². The molecule has 0 aliphatic rings. The standard InChI is InChI=1S/C23H34N6O8S/c1-38-9-8-15(21(34)28-16(23(36)37)6-7-18(25)31)27-22(35)17(11-19(26)32)29-20(33)14(24)10-12-2-4-13(30)5-3-12/h2-5,14-17,30H,6-11,24H2,1H3,(H2,25,31)(H2,26,32)(H,27,35)(H,28,34)(H,29,33)(H,36,37). The Hall–Kier alpha value is -3.85. The van der Waals surface area contributed by atoms with Crippen molar-refractivity contribution in [2.24, 2.45) is 17.2 Å². The van der Waals surface area contributed by atoms with Gasteiger partial charge in [0.25, 0.3) is 0 Å². The minimum atomic E-state index is -1.46. The molecule has 0 aliphatic heterocycles. The zero-order valence-corrected chi connectivity index (χ0v) is 21.7. The van der Waals surface area contributed by atoms with Crippen LogP contribution in [-0.2, 0) is 35.2 Å². The van der Waals surface area contributed by atoms with Crippen LogP contribution in [0.2, 0.25) is 0 Å². The lowest BCUT2D eigenvalue weighted by atomic mass is 10.0. The number of rotatable bonds is 17. The number of hydrogen-bond acceptors (Lipinski definition) is 9. The number of primary amides is 2. The van der Waals surface area contributed by atoms with Gasteiger partial charge in [0.15, 0.2) is 0 Å². The smallest absolute Gasteiger partial charge is 0.326 e. The lowest BCUT2D eigenvalue weighted by molar-refractivity contribution is -0.142. The Bertz CT molecular complexity index is 1010.